The SMILES string of the molecule is CC(C)CCN1C(=O)C(C)(C)COc2ccc(NC(=O)c3ccccc3)cc21. The highest BCUT2D eigenvalue weighted by atomic mass is 16.5. The Kier molecular flexibility index (Phi) is 5.73. The molecule has 28 heavy (non-hydrogen) atoms. The van der Waals surface area contributed by atoms with Crippen LogP contribution in [0.5, 0.6) is 5.75 Å². The van der Waals surface area contributed by atoms with E-state index in [1.807, 2.05) is 50.2 Å². The van der Waals surface area contributed by atoms with E-state index in [0.29, 0.717) is 41.8 Å². The lowest BCUT2D eigenvalue weighted by Crippen LogP contribution is -2.42. The molecule has 0 radical (unpaired) electrons. The van der Waals surface area contributed by atoms with Crippen LogP contribution in [0.2, 0.25) is 0 Å². The Bertz CT molecular complexity index is 859. The molecule has 0 saturated heterocycles. The van der Waals surface area contributed by atoms with E-state index in [-0.39, 0.29) is 11.8 Å². The molecule has 5 heteroatoms. The standard InChI is InChI=1S/C23H28N2O3/c1-16(2)12-13-25-19-14-18(24-21(26)17-8-6-5-7-9-17)10-11-20(19)28-15-23(3,4)22(25)27/h5-11,14,16H,12-13,15H2,1-4H3,(H,24,26). The highest BCUT2D eigenvalue weighted by Crippen LogP contribution is 2.38. The van der Waals surface area contributed by atoms with E-state index in [0.717, 1.165) is 6.42 Å². The van der Waals surface area contributed by atoms with Crippen LogP contribution in [0.25, 0.3) is 0 Å². The van der Waals surface area contributed by atoms with Crippen LogP contribution in [0, 0.1) is 11.3 Å². The van der Waals surface area contributed by atoms with Gasteiger partial charge in [0.05, 0.1) is 11.1 Å². The zero-order chi connectivity index (χ0) is 20.3. The topological polar surface area (TPSA) is 58.6 Å². The minimum absolute atomic E-state index is 0.0402. The predicted octanol–water partition coefficient (Wildman–Crippen LogP) is 4.74. The number of hydrogen-bond donors (Lipinski definition) is 1. The number of ether oxygens (including phenoxy) is 1. The molecule has 5 nitrogen and oxygen atoms in total. The van der Waals surface area contributed by atoms with Gasteiger partial charge in [-0.05, 0) is 56.5 Å². The van der Waals surface area contributed by atoms with Gasteiger partial charge in [0, 0.05) is 17.8 Å². The fourth-order valence-electron chi connectivity index (χ4n) is 3.12. The maximum atomic E-state index is 13.2. The molecule has 148 valence electrons. The van der Waals surface area contributed by atoms with Gasteiger partial charge in [0.1, 0.15) is 12.4 Å². The number of nitrogens with zero attached hydrogens (tertiary/aromatic N) is 1. The summed E-state index contributed by atoms with van der Waals surface area (Å²) in [6.45, 7) is 9.03. The minimum Gasteiger partial charge on any atom is -0.490 e. The van der Waals surface area contributed by atoms with Gasteiger partial charge < -0.3 is 15.0 Å². The molecule has 2 amide bonds. The Labute approximate surface area is 166 Å². The van der Waals surface area contributed by atoms with Gasteiger partial charge >= 0.3 is 0 Å². The monoisotopic (exact) mass is 380 g/mol. The average molecular weight is 380 g/mol. The second-order valence-corrected chi connectivity index (χ2v) is 8.31. The number of amides is 2. The van der Waals surface area contributed by atoms with Crippen LogP contribution in [-0.2, 0) is 4.79 Å². The van der Waals surface area contributed by atoms with E-state index >= 15 is 0 Å². The summed E-state index contributed by atoms with van der Waals surface area (Å²) in [4.78, 5) is 27.5. The highest BCUT2D eigenvalue weighted by molar-refractivity contribution is 6.05. The number of carbonyl (C=O) groups excluding carboxylic acids is 2. The van der Waals surface area contributed by atoms with Crippen molar-refractivity contribution in [3.8, 4) is 5.75 Å². The molecule has 1 heterocycles. The van der Waals surface area contributed by atoms with Gasteiger partial charge in [-0.15, -0.1) is 0 Å². The van der Waals surface area contributed by atoms with Crippen molar-refractivity contribution in [3.63, 3.8) is 0 Å². The van der Waals surface area contributed by atoms with Crippen LogP contribution in [-0.4, -0.2) is 25.0 Å². The molecule has 0 unspecified atom stereocenters. The molecular weight excluding hydrogens is 352 g/mol. The Balaban J connectivity index is 1.91. The fourth-order valence-corrected chi connectivity index (χ4v) is 3.12. The van der Waals surface area contributed by atoms with Crippen molar-refractivity contribution in [2.45, 2.75) is 34.1 Å². The minimum atomic E-state index is -0.608. The van der Waals surface area contributed by atoms with Crippen LogP contribution >= 0.6 is 0 Å². The molecule has 2 aromatic carbocycles. The van der Waals surface area contributed by atoms with Gasteiger partial charge in [0.2, 0.25) is 5.91 Å². The summed E-state index contributed by atoms with van der Waals surface area (Å²) in [5.41, 5.74) is 1.33. The summed E-state index contributed by atoms with van der Waals surface area (Å²) in [5, 5.41) is 2.92. The molecular formula is C23H28N2O3. The van der Waals surface area contributed by atoms with Crippen molar-refractivity contribution in [1.29, 1.82) is 0 Å². The van der Waals surface area contributed by atoms with Gasteiger partial charge in [0.25, 0.3) is 5.91 Å². The van der Waals surface area contributed by atoms with Gasteiger partial charge in [0.15, 0.2) is 0 Å². The second kappa shape index (κ2) is 8.05. The van der Waals surface area contributed by atoms with Crippen LogP contribution in [0.4, 0.5) is 11.4 Å². The Morgan fingerprint density at radius 1 is 1.18 bits per heavy atom. The summed E-state index contributed by atoms with van der Waals surface area (Å²) in [6.07, 6.45) is 0.891. The summed E-state index contributed by atoms with van der Waals surface area (Å²) in [5.74, 6) is 0.999. The first-order chi connectivity index (χ1) is 13.3. The van der Waals surface area contributed by atoms with Crippen molar-refractivity contribution < 1.29 is 14.3 Å². The van der Waals surface area contributed by atoms with E-state index in [1.165, 1.54) is 0 Å². The molecule has 0 aromatic heterocycles. The summed E-state index contributed by atoms with van der Waals surface area (Å²) < 4.78 is 5.94. The largest absolute Gasteiger partial charge is 0.490 e. The molecule has 3 rings (SSSR count). The Morgan fingerprint density at radius 2 is 1.89 bits per heavy atom. The Hall–Kier alpha value is -2.82. The third-order valence-electron chi connectivity index (χ3n) is 4.89. The summed E-state index contributed by atoms with van der Waals surface area (Å²) in [6, 6.07) is 14.5. The Morgan fingerprint density at radius 3 is 2.57 bits per heavy atom. The number of rotatable bonds is 5. The first-order valence-corrected chi connectivity index (χ1v) is 9.73. The lowest BCUT2D eigenvalue weighted by molar-refractivity contribution is -0.127. The molecule has 0 saturated carbocycles. The van der Waals surface area contributed by atoms with Crippen molar-refractivity contribution in [2.24, 2.45) is 11.3 Å². The lowest BCUT2D eigenvalue weighted by Gasteiger charge is -2.28. The van der Waals surface area contributed by atoms with Crippen molar-refractivity contribution in [2.75, 3.05) is 23.4 Å². The molecule has 0 spiro atoms. The first-order valence-electron chi connectivity index (χ1n) is 9.73. The number of hydrogen-bond acceptors (Lipinski definition) is 3. The average Bonchev–Trinajstić information content (AvgIpc) is 2.76. The highest BCUT2D eigenvalue weighted by Gasteiger charge is 2.37. The molecule has 0 atom stereocenters. The maximum Gasteiger partial charge on any atom is 0.255 e. The van der Waals surface area contributed by atoms with Crippen LogP contribution in [0.15, 0.2) is 48.5 Å². The van der Waals surface area contributed by atoms with Gasteiger partial charge in [-0.1, -0.05) is 32.0 Å². The second-order valence-electron chi connectivity index (χ2n) is 8.31. The summed E-state index contributed by atoms with van der Waals surface area (Å²) in [7, 11) is 0. The molecule has 0 aliphatic carbocycles. The van der Waals surface area contributed by atoms with E-state index in [9.17, 15) is 9.59 Å². The van der Waals surface area contributed by atoms with E-state index in [2.05, 4.69) is 19.2 Å². The third kappa shape index (κ3) is 4.35. The van der Waals surface area contributed by atoms with Crippen molar-refractivity contribution in [1.82, 2.24) is 0 Å². The molecule has 0 bridgehead atoms. The molecule has 1 aliphatic heterocycles. The number of nitrogens with one attached hydrogen (secondary N) is 1. The number of benzene rings is 2. The third-order valence-corrected chi connectivity index (χ3v) is 4.89. The normalized spacial score (nSPS) is 15.6. The van der Waals surface area contributed by atoms with Crippen LogP contribution in [0.1, 0.15) is 44.5 Å². The molecule has 2 aromatic rings. The molecule has 1 aliphatic rings. The molecule has 1 N–H and O–H groups in total. The van der Waals surface area contributed by atoms with Gasteiger partial charge in [-0.3, -0.25) is 9.59 Å². The molecule has 0 fully saturated rings. The summed E-state index contributed by atoms with van der Waals surface area (Å²) >= 11 is 0. The van der Waals surface area contributed by atoms with Crippen molar-refractivity contribution >= 4 is 23.2 Å². The van der Waals surface area contributed by atoms with E-state index < -0.39 is 5.41 Å². The smallest absolute Gasteiger partial charge is 0.255 e. The van der Waals surface area contributed by atoms with E-state index in [1.54, 1.807) is 17.0 Å². The lowest BCUT2D eigenvalue weighted by atomic mass is 9.92. The maximum absolute atomic E-state index is 13.2. The zero-order valence-electron chi connectivity index (χ0n) is 17.0. The zero-order valence-corrected chi connectivity index (χ0v) is 17.0. The number of carbonyl (C=O) groups is 2. The predicted molar refractivity (Wildman–Crippen MR) is 112 cm³/mol. The van der Waals surface area contributed by atoms with Crippen LogP contribution in [0.3, 0.4) is 0 Å². The fraction of sp³-hybridized carbons (Fsp3) is 0.391. The quantitative estimate of drug-likeness (QED) is 0.815. The van der Waals surface area contributed by atoms with Crippen LogP contribution < -0.4 is 15.0 Å². The number of anilines is 2. The van der Waals surface area contributed by atoms with Crippen molar-refractivity contribution in [3.05, 3.63) is 54.1 Å². The van der Waals surface area contributed by atoms with Gasteiger partial charge in [-0.25, -0.2) is 0 Å². The first kappa shape index (κ1) is 19.9. The number of fused-ring (bicyclic) bond motifs is 1. The van der Waals surface area contributed by atoms with E-state index in [4.69, 9.17) is 4.74 Å². The van der Waals surface area contributed by atoms with Gasteiger partial charge in [-0.2, -0.15) is 0 Å².